The number of carbonyl (C=O) groups excluding carboxylic acids is 1. The second kappa shape index (κ2) is 5.95. The van der Waals surface area contributed by atoms with Crippen LogP contribution >= 0.6 is 0 Å². The SMILES string of the molecule is CNc1ccc(C(=O)NCc2ccnc(C)n2)cc1. The second-order valence-electron chi connectivity index (χ2n) is 4.11. The van der Waals surface area contributed by atoms with Crippen LogP contribution in [0.15, 0.2) is 36.5 Å². The van der Waals surface area contributed by atoms with E-state index in [1.54, 1.807) is 24.4 Å². The largest absolute Gasteiger partial charge is 0.388 e. The highest BCUT2D eigenvalue weighted by atomic mass is 16.1. The summed E-state index contributed by atoms with van der Waals surface area (Å²) in [6, 6.07) is 9.09. The van der Waals surface area contributed by atoms with Crippen molar-refractivity contribution in [3.63, 3.8) is 0 Å². The Hall–Kier alpha value is -2.43. The number of nitrogens with zero attached hydrogens (tertiary/aromatic N) is 2. The van der Waals surface area contributed by atoms with Crippen molar-refractivity contribution in [2.45, 2.75) is 13.5 Å². The molecule has 1 aromatic heterocycles. The van der Waals surface area contributed by atoms with Crippen molar-refractivity contribution < 1.29 is 4.79 Å². The number of carbonyl (C=O) groups is 1. The molecular formula is C14H16N4O. The van der Waals surface area contributed by atoms with Gasteiger partial charge in [0.1, 0.15) is 5.82 Å². The Kier molecular flexibility index (Phi) is 4.07. The lowest BCUT2D eigenvalue weighted by molar-refractivity contribution is 0.0950. The van der Waals surface area contributed by atoms with Gasteiger partial charge >= 0.3 is 0 Å². The average Bonchev–Trinajstić information content (AvgIpc) is 2.45. The fraction of sp³-hybridized carbons (Fsp3) is 0.214. The molecule has 2 rings (SSSR count). The number of aromatic nitrogens is 2. The predicted molar refractivity (Wildman–Crippen MR) is 73.9 cm³/mol. The standard InChI is InChI=1S/C14H16N4O/c1-10-16-8-7-13(18-10)9-17-14(19)11-3-5-12(15-2)6-4-11/h3-8,15H,9H2,1-2H3,(H,17,19). The smallest absolute Gasteiger partial charge is 0.251 e. The molecule has 0 radical (unpaired) electrons. The first-order valence-corrected chi connectivity index (χ1v) is 6.03. The molecule has 0 aliphatic rings. The Bertz CT molecular complexity index is 566. The second-order valence-corrected chi connectivity index (χ2v) is 4.11. The summed E-state index contributed by atoms with van der Waals surface area (Å²) in [6.07, 6.45) is 1.69. The van der Waals surface area contributed by atoms with E-state index in [9.17, 15) is 4.79 Å². The summed E-state index contributed by atoms with van der Waals surface area (Å²) in [5.41, 5.74) is 2.40. The van der Waals surface area contributed by atoms with Crippen LogP contribution in [0.2, 0.25) is 0 Å². The molecule has 2 aromatic rings. The van der Waals surface area contributed by atoms with E-state index in [1.165, 1.54) is 0 Å². The summed E-state index contributed by atoms with van der Waals surface area (Å²) < 4.78 is 0. The van der Waals surface area contributed by atoms with Gasteiger partial charge in [-0.25, -0.2) is 9.97 Å². The number of aryl methyl sites for hydroxylation is 1. The minimum atomic E-state index is -0.112. The van der Waals surface area contributed by atoms with Crippen molar-refractivity contribution in [3.05, 3.63) is 53.6 Å². The van der Waals surface area contributed by atoms with Crippen LogP contribution in [-0.2, 0) is 6.54 Å². The predicted octanol–water partition coefficient (Wildman–Crippen LogP) is 1.76. The first-order valence-electron chi connectivity index (χ1n) is 6.03. The zero-order valence-corrected chi connectivity index (χ0v) is 11.0. The fourth-order valence-corrected chi connectivity index (χ4v) is 1.66. The molecule has 0 spiro atoms. The summed E-state index contributed by atoms with van der Waals surface area (Å²) >= 11 is 0. The zero-order chi connectivity index (χ0) is 13.7. The molecule has 1 heterocycles. The number of hydrogen-bond donors (Lipinski definition) is 2. The van der Waals surface area contributed by atoms with Gasteiger partial charge in [-0.15, -0.1) is 0 Å². The molecule has 0 saturated carbocycles. The third-order valence-corrected chi connectivity index (χ3v) is 2.70. The Morgan fingerprint density at radius 1 is 1.21 bits per heavy atom. The molecule has 0 unspecified atom stereocenters. The van der Waals surface area contributed by atoms with Gasteiger partial charge in [0.2, 0.25) is 0 Å². The van der Waals surface area contributed by atoms with Crippen LogP contribution in [0.25, 0.3) is 0 Å². The maximum Gasteiger partial charge on any atom is 0.251 e. The number of rotatable bonds is 4. The maximum atomic E-state index is 11.9. The molecular weight excluding hydrogens is 240 g/mol. The monoisotopic (exact) mass is 256 g/mol. The summed E-state index contributed by atoms with van der Waals surface area (Å²) in [4.78, 5) is 20.2. The summed E-state index contributed by atoms with van der Waals surface area (Å²) in [5, 5.41) is 5.84. The zero-order valence-electron chi connectivity index (χ0n) is 11.0. The van der Waals surface area contributed by atoms with Crippen LogP contribution in [0.3, 0.4) is 0 Å². The van der Waals surface area contributed by atoms with Crippen molar-refractivity contribution in [2.24, 2.45) is 0 Å². The molecule has 5 heteroatoms. The minimum Gasteiger partial charge on any atom is -0.388 e. The van der Waals surface area contributed by atoms with E-state index >= 15 is 0 Å². The lowest BCUT2D eigenvalue weighted by atomic mass is 10.2. The van der Waals surface area contributed by atoms with Crippen LogP contribution in [0.4, 0.5) is 5.69 Å². The van der Waals surface area contributed by atoms with Gasteiger partial charge in [0.25, 0.3) is 5.91 Å². The van der Waals surface area contributed by atoms with Gasteiger partial charge in [-0.2, -0.15) is 0 Å². The van der Waals surface area contributed by atoms with Crippen LogP contribution in [0.1, 0.15) is 21.9 Å². The van der Waals surface area contributed by atoms with Gasteiger partial charge in [-0.1, -0.05) is 0 Å². The molecule has 0 saturated heterocycles. The molecule has 19 heavy (non-hydrogen) atoms. The number of anilines is 1. The molecule has 1 aromatic carbocycles. The Morgan fingerprint density at radius 2 is 1.95 bits per heavy atom. The highest BCUT2D eigenvalue weighted by molar-refractivity contribution is 5.94. The highest BCUT2D eigenvalue weighted by Crippen LogP contribution is 2.08. The van der Waals surface area contributed by atoms with Gasteiger partial charge in [-0.3, -0.25) is 4.79 Å². The molecule has 0 fully saturated rings. The van der Waals surface area contributed by atoms with E-state index in [2.05, 4.69) is 20.6 Å². The lowest BCUT2D eigenvalue weighted by Crippen LogP contribution is -2.23. The Balaban J connectivity index is 1.97. The summed E-state index contributed by atoms with van der Waals surface area (Å²) in [5.74, 6) is 0.587. The molecule has 2 N–H and O–H groups in total. The Morgan fingerprint density at radius 3 is 2.58 bits per heavy atom. The molecule has 0 aliphatic heterocycles. The van der Waals surface area contributed by atoms with Crippen molar-refractivity contribution in [3.8, 4) is 0 Å². The molecule has 0 atom stereocenters. The quantitative estimate of drug-likeness (QED) is 0.874. The summed E-state index contributed by atoms with van der Waals surface area (Å²) in [6.45, 7) is 2.22. The van der Waals surface area contributed by atoms with Crippen molar-refractivity contribution in [1.29, 1.82) is 0 Å². The van der Waals surface area contributed by atoms with Crippen molar-refractivity contribution in [2.75, 3.05) is 12.4 Å². The number of nitrogens with one attached hydrogen (secondary N) is 2. The molecule has 1 amide bonds. The highest BCUT2D eigenvalue weighted by Gasteiger charge is 2.05. The van der Waals surface area contributed by atoms with E-state index in [0.29, 0.717) is 17.9 Å². The lowest BCUT2D eigenvalue weighted by Gasteiger charge is -2.06. The normalized spacial score (nSPS) is 10.0. The van der Waals surface area contributed by atoms with Gasteiger partial charge < -0.3 is 10.6 Å². The number of amides is 1. The average molecular weight is 256 g/mol. The van der Waals surface area contributed by atoms with Crippen molar-refractivity contribution in [1.82, 2.24) is 15.3 Å². The third-order valence-electron chi connectivity index (χ3n) is 2.70. The van der Waals surface area contributed by atoms with Crippen LogP contribution in [0, 0.1) is 6.92 Å². The van der Waals surface area contributed by atoms with Gasteiger partial charge in [0.15, 0.2) is 0 Å². The van der Waals surface area contributed by atoms with Gasteiger partial charge in [-0.05, 0) is 37.3 Å². The van der Waals surface area contributed by atoms with Crippen LogP contribution in [0.5, 0.6) is 0 Å². The molecule has 98 valence electrons. The topological polar surface area (TPSA) is 66.9 Å². The molecule has 0 bridgehead atoms. The summed E-state index contributed by atoms with van der Waals surface area (Å²) in [7, 11) is 1.84. The van der Waals surface area contributed by atoms with E-state index in [1.807, 2.05) is 26.1 Å². The van der Waals surface area contributed by atoms with Crippen LogP contribution < -0.4 is 10.6 Å². The van der Waals surface area contributed by atoms with Gasteiger partial charge in [0.05, 0.1) is 12.2 Å². The van der Waals surface area contributed by atoms with E-state index < -0.39 is 0 Å². The van der Waals surface area contributed by atoms with Crippen LogP contribution in [-0.4, -0.2) is 22.9 Å². The van der Waals surface area contributed by atoms with E-state index in [0.717, 1.165) is 11.4 Å². The van der Waals surface area contributed by atoms with E-state index in [-0.39, 0.29) is 5.91 Å². The maximum absolute atomic E-state index is 11.9. The van der Waals surface area contributed by atoms with Crippen molar-refractivity contribution >= 4 is 11.6 Å². The molecule has 0 aliphatic carbocycles. The number of hydrogen-bond acceptors (Lipinski definition) is 4. The Labute approximate surface area is 112 Å². The first kappa shape index (κ1) is 13.0. The molecule has 5 nitrogen and oxygen atoms in total. The van der Waals surface area contributed by atoms with E-state index in [4.69, 9.17) is 0 Å². The van der Waals surface area contributed by atoms with Gasteiger partial charge in [0, 0.05) is 24.5 Å². The fourth-order valence-electron chi connectivity index (χ4n) is 1.66. The number of benzene rings is 1. The minimum absolute atomic E-state index is 0.112. The first-order chi connectivity index (χ1) is 9.19. The third kappa shape index (κ3) is 3.51.